The van der Waals surface area contributed by atoms with E-state index in [2.05, 4.69) is 0 Å². The number of carbonyl (C=O) groups is 3. The van der Waals surface area contributed by atoms with Gasteiger partial charge in [0, 0.05) is 33.9 Å². The molecule has 1 spiro atoms. The van der Waals surface area contributed by atoms with Crippen molar-refractivity contribution < 1.29 is 23.5 Å². The van der Waals surface area contributed by atoms with E-state index in [1.54, 1.807) is 66.7 Å². The fraction of sp³-hybridized carbons (Fsp3) is 0.171. The number of rotatable bonds is 4. The number of carbonyl (C=O) groups excluding carboxylic acids is 3. The summed E-state index contributed by atoms with van der Waals surface area (Å²) in [5, 5.41) is 0. The number of halogens is 1. The minimum absolute atomic E-state index is 0.251. The van der Waals surface area contributed by atoms with Crippen molar-refractivity contribution in [2.45, 2.75) is 24.9 Å². The molecule has 4 aromatic carbocycles. The van der Waals surface area contributed by atoms with Crippen molar-refractivity contribution in [3.8, 4) is 5.75 Å². The number of Topliss-reactive ketones (excluding diaryl/α,β-unsaturated/α-hetero) is 3. The summed E-state index contributed by atoms with van der Waals surface area (Å²) in [5.41, 5.74) is 2.45. The maximum atomic E-state index is 14.7. The summed E-state index contributed by atoms with van der Waals surface area (Å²) < 4.78 is 19.8. The predicted octanol–water partition coefficient (Wildman–Crippen LogP) is 6.46. The van der Waals surface area contributed by atoms with Crippen molar-refractivity contribution >= 4 is 29.1 Å². The third kappa shape index (κ3) is 3.43. The van der Waals surface area contributed by atoms with Crippen LogP contribution in [0.25, 0.3) is 6.08 Å². The fourth-order valence-electron chi connectivity index (χ4n) is 7.04. The van der Waals surface area contributed by atoms with Gasteiger partial charge in [-0.3, -0.25) is 14.4 Å². The van der Waals surface area contributed by atoms with Crippen LogP contribution >= 0.6 is 0 Å². The zero-order valence-corrected chi connectivity index (χ0v) is 22.5. The first-order valence-electron chi connectivity index (χ1n) is 13.6. The summed E-state index contributed by atoms with van der Waals surface area (Å²) in [5.74, 6) is -1.55. The van der Waals surface area contributed by atoms with Gasteiger partial charge in [0.15, 0.2) is 17.3 Å². The molecule has 2 aliphatic heterocycles. The van der Waals surface area contributed by atoms with Crippen molar-refractivity contribution in [2.75, 3.05) is 12.0 Å². The molecule has 4 aromatic rings. The van der Waals surface area contributed by atoms with Gasteiger partial charge >= 0.3 is 0 Å². The Balaban J connectivity index is 1.54. The lowest BCUT2D eigenvalue weighted by Gasteiger charge is -2.37. The van der Waals surface area contributed by atoms with E-state index >= 15 is 0 Å². The van der Waals surface area contributed by atoms with E-state index < -0.39 is 29.2 Å². The molecule has 1 fully saturated rings. The van der Waals surface area contributed by atoms with Crippen molar-refractivity contribution in [1.82, 2.24) is 0 Å². The first-order valence-corrected chi connectivity index (χ1v) is 13.6. The first kappa shape index (κ1) is 25.1. The maximum absolute atomic E-state index is 14.7. The Morgan fingerprint density at radius 3 is 2.27 bits per heavy atom. The molecule has 202 valence electrons. The number of fused-ring (bicyclic) bond motifs is 5. The average molecular weight is 544 g/mol. The minimum Gasteiger partial charge on any atom is -0.497 e. The van der Waals surface area contributed by atoms with Crippen LogP contribution in [0.15, 0.2) is 97.1 Å². The minimum atomic E-state index is -1.60. The van der Waals surface area contributed by atoms with Gasteiger partial charge in [-0.2, -0.15) is 0 Å². The molecular weight excluding hydrogens is 517 g/mol. The van der Waals surface area contributed by atoms with Crippen LogP contribution in [0.3, 0.4) is 0 Å². The lowest BCUT2D eigenvalue weighted by Crippen LogP contribution is -2.48. The highest BCUT2D eigenvalue weighted by molar-refractivity contribution is 6.32. The lowest BCUT2D eigenvalue weighted by molar-refractivity contribution is 0.0666. The smallest absolute Gasteiger partial charge is 0.186 e. The van der Waals surface area contributed by atoms with Gasteiger partial charge in [-0.15, -0.1) is 0 Å². The van der Waals surface area contributed by atoms with E-state index in [-0.39, 0.29) is 17.3 Å². The van der Waals surface area contributed by atoms with Crippen molar-refractivity contribution in [3.05, 3.63) is 136 Å². The van der Waals surface area contributed by atoms with Gasteiger partial charge in [-0.25, -0.2) is 4.39 Å². The number of ketones is 3. The molecule has 41 heavy (non-hydrogen) atoms. The second kappa shape index (κ2) is 9.10. The zero-order chi connectivity index (χ0) is 28.5. The van der Waals surface area contributed by atoms with Crippen LogP contribution in [-0.4, -0.2) is 36.5 Å². The van der Waals surface area contributed by atoms with E-state index in [0.29, 0.717) is 33.7 Å². The van der Waals surface area contributed by atoms with Gasteiger partial charge in [0.25, 0.3) is 0 Å². The maximum Gasteiger partial charge on any atom is 0.186 e. The Morgan fingerprint density at radius 2 is 1.59 bits per heavy atom. The molecule has 2 heterocycles. The molecule has 3 atom stereocenters. The van der Waals surface area contributed by atoms with Gasteiger partial charge in [-0.1, -0.05) is 78.4 Å². The molecule has 0 aromatic heterocycles. The number of aryl methyl sites for hydroxylation is 1. The molecule has 1 aliphatic carbocycles. The van der Waals surface area contributed by atoms with E-state index in [4.69, 9.17) is 4.74 Å². The average Bonchev–Trinajstić information content (AvgIpc) is 3.43. The van der Waals surface area contributed by atoms with Crippen LogP contribution < -0.4 is 9.64 Å². The summed E-state index contributed by atoms with van der Waals surface area (Å²) in [6.45, 7) is 1.96. The summed E-state index contributed by atoms with van der Waals surface area (Å²) in [4.78, 5) is 45.9. The number of benzene rings is 4. The topological polar surface area (TPSA) is 63.7 Å². The molecule has 3 aliphatic rings. The largest absolute Gasteiger partial charge is 0.497 e. The Kier molecular flexibility index (Phi) is 5.58. The summed E-state index contributed by atoms with van der Waals surface area (Å²) >= 11 is 0. The Bertz CT molecular complexity index is 1760. The van der Waals surface area contributed by atoms with Crippen molar-refractivity contribution in [1.29, 1.82) is 0 Å². The molecular formula is C35H26FNO4. The van der Waals surface area contributed by atoms with Crippen molar-refractivity contribution in [3.63, 3.8) is 0 Å². The van der Waals surface area contributed by atoms with Gasteiger partial charge < -0.3 is 9.64 Å². The fourth-order valence-corrected chi connectivity index (χ4v) is 7.04. The van der Waals surface area contributed by atoms with Crippen LogP contribution in [0.5, 0.6) is 5.75 Å². The number of hydrogen-bond acceptors (Lipinski definition) is 5. The Morgan fingerprint density at radius 1 is 0.878 bits per heavy atom. The molecule has 6 heteroatoms. The third-order valence-electron chi connectivity index (χ3n) is 8.83. The third-order valence-corrected chi connectivity index (χ3v) is 8.83. The van der Waals surface area contributed by atoms with Gasteiger partial charge in [-0.05, 0) is 42.8 Å². The van der Waals surface area contributed by atoms with Crippen LogP contribution in [0.1, 0.15) is 53.7 Å². The molecule has 5 nitrogen and oxygen atoms in total. The zero-order valence-electron chi connectivity index (χ0n) is 22.5. The quantitative estimate of drug-likeness (QED) is 0.218. The second-order valence-corrected chi connectivity index (χ2v) is 10.9. The van der Waals surface area contributed by atoms with Crippen molar-refractivity contribution in [2.24, 2.45) is 5.41 Å². The molecule has 0 bridgehead atoms. The standard InChI is InChI=1S/C35H26FNO4/c1-20-10-12-21(13-11-20)30-31(32(38)23-6-5-7-25(19-23)41-2)37-28-16-15-24(36)18-22(28)14-17-29(37)35(30)33(39)26-8-3-4-9-27(26)34(35)40/h3-19,29-31H,1-2H3/t29-,30+,31-/m1/s1. The summed E-state index contributed by atoms with van der Waals surface area (Å²) in [6, 6.07) is 24.2. The second-order valence-electron chi connectivity index (χ2n) is 10.9. The normalized spacial score (nSPS) is 21.5. The monoisotopic (exact) mass is 543 g/mol. The summed E-state index contributed by atoms with van der Waals surface area (Å²) in [6.07, 6.45) is 3.55. The number of anilines is 1. The number of ether oxygens (including phenoxy) is 1. The number of hydrogen-bond donors (Lipinski definition) is 0. The molecule has 0 saturated carbocycles. The van der Waals surface area contributed by atoms with E-state index in [1.165, 1.54) is 19.2 Å². The SMILES string of the molecule is COc1cccc(C(=O)[C@H]2[C@H](c3ccc(C)cc3)C3(C(=O)c4ccccc4C3=O)[C@H]3C=Cc4cc(F)ccc4N23)c1. The van der Waals surface area contributed by atoms with Crippen LogP contribution in [0.4, 0.5) is 10.1 Å². The highest BCUT2D eigenvalue weighted by Gasteiger charge is 2.71. The van der Waals surface area contributed by atoms with Gasteiger partial charge in [0.05, 0.1) is 13.2 Å². The Labute approximate surface area is 236 Å². The van der Waals surface area contributed by atoms with Crippen LogP contribution in [-0.2, 0) is 0 Å². The Hall–Kier alpha value is -4.84. The van der Waals surface area contributed by atoms with Gasteiger partial charge in [0.2, 0.25) is 0 Å². The number of methoxy groups -OCH3 is 1. The van der Waals surface area contributed by atoms with E-state index in [0.717, 1.165) is 11.1 Å². The first-order chi connectivity index (χ1) is 19.9. The number of nitrogens with zero attached hydrogens (tertiary/aromatic N) is 1. The van der Waals surface area contributed by atoms with Gasteiger partial charge in [0.1, 0.15) is 23.0 Å². The molecule has 1 saturated heterocycles. The molecule has 0 unspecified atom stereocenters. The lowest BCUT2D eigenvalue weighted by atomic mass is 9.64. The molecule has 0 radical (unpaired) electrons. The highest BCUT2D eigenvalue weighted by atomic mass is 19.1. The summed E-state index contributed by atoms with van der Waals surface area (Å²) in [7, 11) is 1.53. The van der Waals surface area contributed by atoms with Crippen LogP contribution in [0.2, 0.25) is 0 Å². The molecule has 7 rings (SSSR count). The molecule has 0 amide bonds. The van der Waals surface area contributed by atoms with E-state index in [9.17, 15) is 18.8 Å². The highest BCUT2D eigenvalue weighted by Crippen LogP contribution is 2.61. The van der Waals surface area contributed by atoms with E-state index in [1.807, 2.05) is 36.1 Å². The predicted molar refractivity (Wildman–Crippen MR) is 154 cm³/mol. The molecule has 0 N–H and O–H groups in total. The van der Waals surface area contributed by atoms with Crippen LogP contribution in [0, 0.1) is 18.2 Å².